The number of Topliss-reactive ketones (excluding diaryl/α,β-unsaturated/α-hetero) is 1. The van der Waals surface area contributed by atoms with E-state index in [1.54, 1.807) is 0 Å². The Hall–Kier alpha value is -0.330. The van der Waals surface area contributed by atoms with E-state index < -0.39 is 0 Å². The van der Waals surface area contributed by atoms with E-state index in [-0.39, 0.29) is 0 Å². The van der Waals surface area contributed by atoms with Crippen LogP contribution in [0, 0.1) is 17.8 Å². The van der Waals surface area contributed by atoms with E-state index in [4.69, 9.17) is 0 Å². The molecule has 1 aliphatic rings. The van der Waals surface area contributed by atoms with E-state index in [2.05, 4.69) is 20.8 Å². The highest BCUT2D eigenvalue weighted by molar-refractivity contribution is 5.78. The Morgan fingerprint density at radius 3 is 2.05 bits per heavy atom. The van der Waals surface area contributed by atoms with Crippen LogP contribution in [0.15, 0.2) is 0 Å². The summed E-state index contributed by atoms with van der Waals surface area (Å²) in [4.78, 5) is 11.9. The predicted octanol–water partition coefficient (Wildman–Crippen LogP) is 5.77. The molecule has 19 heavy (non-hydrogen) atoms. The van der Waals surface area contributed by atoms with E-state index in [9.17, 15) is 4.79 Å². The van der Waals surface area contributed by atoms with Crippen molar-refractivity contribution in [2.24, 2.45) is 17.8 Å². The topological polar surface area (TPSA) is 17.1 Å². The fourth-order valence-electron chi connectivity index (χ4n) is 3.40. The van der Waals surface area contributed by atoms with E-state index in [1.165, 1.54) is 51.4 Å². The molecule has 3 atom stereocenters. The average molecular weight is 266 g/mol. The first-order valence-electron chi connectivity index (χ1n) is 8.61. The third-order valence-electron chi connectivity index (χ3n) is 4.94. The van der Waals surface area contributed by atoms with Gasteiger partial charge in [-0.25, -0.2) is 0 Å². The molecule has 1 heteroatoms. The lowest BCUT2D eigenvalue weighted by molar-refractivity contribution is -0.120. The molecule has 0 N–H and O–H groups in total. The van der Waals surface area contributed by atoms with Crippen LogP contribution in [0.2, 0.25) is 0 Å². The monoisotopic (exact) mass is 266 g/mol. The summed E-state index contributed by atoms with van der Waals surface area (Å²) < 4.78 is 0. The first kappa shape index (κ1) is 16.7. The summed E-state index contributed by atoms with van der Waals surface area (Å²) >= 11 is 0. The minimum atomic E-state index is 0.502. The lowest BCUT2D eigenvalue weighted by atomic mass is 9.83. The summed E-state index contributed by atoms with van der Waals surface area (Å²) in [5.41, 5.74) is 0. The van der Waals surface area contributed by atoms with Crippen molar-refractivity contribution in [1.29, 1.82) is 0 Å². The van der Waals surface area contributed by atoms with Gasteiger partial charge in [-0.05, 0) is 30.6 Å². The number of carbonyl (C=O) groups is 1. The molecule has 1 nitrogen and oxygen atoms in total. The highest BCUT2D eigenvalue weighted by Gasteiger charge is 2.17. The zero-order chi connectivity index (χ0) is 14.1. The van der Waals surface area contributed by atoms with Crippen LogP contribution in [0.4, 0.5) is 0 Å². The third-order valence-corrected chi connectivity index (χ3v) is 4.94. The zero-order valence-electron chi connectivity index (χ0n) is 13.4. The number of ketones is 1. The number of hydrogen-bond acceptors (Lipinski definition) is 1. The molecular formula is C18H34O. The largest absolute Gasteiger partial charge is 0.300 e. The number of rotatable bonds is 0. The Labute approximate surface area is 120 Å². The lowest BCUT2D eigenvalue weighted by Crippen LogP contribution is -2.14. The first-order valence-corrected chi connectivity index (χ1v) is 8.61. The normalized spacial score (nSPS) is 33.4. The standard InChI is InChI=1S/C18H34O/c1-15-13-17(3)16(2)11-9-7-5-4-6-8-10-12-18(19)14-15/h15-17H,4-14H2,1-3H3. The van der Waals surface area contributed by atoms with Gasteiger partial charge in [0.1, 0.15) is 5.78 Å². The lowest BCUT2D eigenvalue weighted by Gasteiger charge is -2.23. The van der Waals surface area contributed by atoms with Crippen LogP contribution in [0.25, 0.3) is 0 Å². The van der Waals surface area contributed by atoms with Crippen molar-refractivity contribution in [3.63, 3.8) is 0 Å². The SMILES string of the molecule is CC1CC(=O)CCCCCCCCCC(C)C(C)C1. The van der Waals surface area contributed by atoms with Crippen LogP contribution >= 0.6 is 0 Å². The quantitative estimate of drug-likeness (QED) is 0.544. The highest BCUT2D eigenvalue weighted by atomic mass is 16.1. The molecular weight excluding hydrogens is 232 g/mol. The van der Waals surface area contributed by atoms with E-state index in [0.717, 1.165) is 31.1 Å². The first-order chi connectivity index (χ1) is 9.09. The molecule has 0 aromatic heterocycles. The molecule has 0 amide bonds. The van der Waals surface area contributed by atoms with Crippen LogP contribution in [-0.2, 0) is 4.79 Å². The predicted molar refractivity (Wildman–Crippen MR) is 83.3 cm³/mol. The maximum absolute atomic E-state index is 11.9. The van der Waals surface area contributed by atoms with Gasteiger partial charge in [-0.3, -0.25) is 4.79 Å². The maximum atomic E-state index is 11.9. The molecule has 112 valence electrons. The molecule has 0 aromatic rings. The van der Waals surface area contributed by atoms with Crippen molar-refractivity contribution < 1.29 is 4.79 Å². The molecule has 0 radical (unpaired) electrons. The van der Waals surface area contributed by atoms with E-state index in [1.807, 2.05) is 0 Å². The van der Waals surface area contributed by atoms with Crippen LogP contribution in [0.1, 0.15) is 91.4 Å². The van der Waals surface area contributed by atoms with Crippen LogP contribution in [0.3, 0.4) is 0 Å². The van der Waals surface area contributed by atoms with Gasteiger partial charge in [0, 0.05) is 12.8 Å². The molecule has 0 heterocycles. The smallest absolute Gasteiger partial charge is 0.133 e. The molecule has 0 aromatic carbocycles. The minimum absolute atomic E-state index is 0.502. The summed E-state index contributed by atoms with van der Waals surface area (Å²) in [6, 6.07) is 0. The molecule has 0 spiro atoms. The van der Waals surface area contributed by atoms with Gasteiger partial charge in [0.15, 0.2) is 0 Å². The number of hydrogen-bond donors (Lipinski definition) is 0. The Kier molecular flexibility index (Phi) is 8.41. The highest BCUT2D eigenvalue weighted by Crippen LogP contribution is 2.27. The molecule has 1 rings (SSSR count). The molecule has 1 saturated carbocycles. The maximum Gasteiger partial charge on any atom is 0.133 e. The average Bonchev–Trinajstić information content (AvgIpc) is 2.35. The van der Waals surface area contributed by atoms with Gasteiger partial charge in [0.25, 0.3) is 0 Å². The van der Waals surface area contributed by atoms with Gasteiger partial charge < -0.3 is 0 Å². The van der Waals surface area contributed by atoms with Gasteiger partial charge in [0.2, 0.25) is 0 Å². The second kappa shape index (κ2) is 9.55. The Morgan fingerprint density at radius 1 is 0.789 bits per heavy atom. The van der Waals surface area contributed by atoms with Crippen molar-refractivity contribution in [1.82, 2.24) is 0 Å². The molecule has 0 aliphatic heterocycles. The van der Waals surface area contributed by atoms with Crippen molar-refractivity contribution in [2.75, 3.05) is 0 Å². The fraction of sp³-hybridized carbons (Fsp3) is 0.944. The van der Waals surface area contributed by atoms with Crippen LogP contribution in [-0.4, -0.2) is 5.78 Å². The van der Waals surface area contributed by atoms with Gasteiger partial charge in [-0.2, -0.15) is 0 Å². The molecule has 0 bridgehead atoms. The molecule has 0 saturated heterocycles. The van der Waals surface area contributed by atoms with E-state index in [0.29, 0.717) is 11.7 Å². The van der Waals surface area contributed by atoms with Crippen molar-refractivity contribution in [2.45, 2.75) is 91.4 Å². The second-order valence-corrected chi connectivity index (χ2v) is 7.05. The molecule has 3 unspecified atom stereocenters. The summed E-state index contributed by atoms with van der Waals surface area (Å²) in [5, 5.41) is 0. The molecule has 1 fully saturated rings. The summed E-state index contributed by atoms with van der Waals surface area (Å²) in [7, 11) is 0. The Bertz CT molecular complexity index is 246. The van der Waals surface area contributed by atoms with E-state index >= 15 is 0 Å². The van der Waals surface area contributed by atoms with Crippen molar-refractivity contribution >= 4 is 5.78 Å². The van der Waals surface area contributed by atoms with Gasteiger partial charge in [0.05, 0.1) is 0 Å². The van der Waals surface area contributed by atoms with Gasteiger partial charge in [-0.1, -0.05) is 65.7 Å². The second-order valence-electron chi connectivity index (χ2n) is 7.05. The van der Waals surface area contributed by atoms with Crippen LogP contribution < -0.4 is 0 Å². The summed E-state index contributed by atoms with van der Waals surface area (Å²) in [5.74, 6) is 2.67. The Balaban J connectivity index is 2.43. The van der Waals surface area contributed by atoms with Crippen LogP contribution in [0.5, 0.6) is 0 Å². The molecule has 1 aliphatic carbocycles. The van der Waals surface area contributed by atoms with Gasteiger partial charge >= 0.3 is 0 Å². The summed E-state index contributed by atoms with van der Waals surface area (Å²) in [6.45, 7) is 7.04. The summed E-state index contributed by atoms with van der Waals surface area (Å²) in [6.07, 6.45) is 13.5. The van der Waals surface area contributed by atoms with Gasteiger partial charge in [-0.15, -0.1) is 0 Å². The van der Waals surface area contributed by atoms with Crippen molar-refractivity contribution in [3.05, 3.63) is 0 Å². The number of carbonyl (C=O) groups excluding carboxylic acids is 1. The fourth-order valence-corrected chi connectivity index (χ4v) is 3.40. The Morgan fingerprint density at radius 2 is 1.37 bits per heavy atom. The van der Waals surface area contributed by atoms with Crippen molar-refractivity contribution in [3.8, 4) is 0 Å². The zero-order valence-corrected chi connectivity index (χ0v) is 13.4. The third kappa shape index (κ3) is 7.74. The minimum Gasteiger partial charge on any atom is -0.300 e.